The van der Waals surface area contributed by atoms with Gasteiger partial charge in [-0.15, -0.1) is 11.7 Å². The SMILES string of the molecule is C=CCN1CC(=O)N2[C@@H](Cc3ccc(O)cc3)C(=O)N(Cc3cccc4nnn(C)c34)C[C@@H]2N1C(=O)NCc1ccccc1. The zero-order valence-corrected chi connectivity index (χ0v) is 24.4. The predicted octanol–water partition coefficient (Wildman–Crippen LogP) is 2.41. The Hall–Kier alpha value is -5.23. The molecule has 2 fully saturated rings. The van der Waals surface area contributed by atoms with Crippen LogP contribution in [-0.4, -0.2) is 89.6 Å². The molecule has 3 aromatic carbocycles. The molecule has 2 atom stereocenters. The first kappa shape index (κ1) is 28.9. The second-order valence-corrected chi connectivity index (χ2v) is 11.0. The first-order chi connectivity index (χ1) is 21.3. The number of para-hydroxylation sites is 1. The Morgan fingerprint density at radius 1 is 1.05 bits per heavy atom. The maximum absolute atomic E-state index is 14.3. The van der Waals surface area contributed by atoms with Gasteiger partial charge in [-0.25, -0.2) is 19.5 Å². The fourth-order valence-corrected chi connectivity index (χ4v) is 6.08. The zero-order valence-electron chi connectivity index (χ0n) is 24.4. The van der Waals surface area contributed by atoms with Gasteiger partial charge in [0.1, 0.15) is 23.5 Å². The highest BCUT2D eigenvalue weighted by molar-refractivity contribution is 5.92. The zero-order chi connectivity index (χ0) is 30.8. The normalized spacial score (nSPS) is 18.9. The summed E-state index contributed by atoms with van der Waals surface area (Å²) in [5, 5.41) is 24.4. The molecule has 4 amide bonds. The summed E-state index contributed by atoms with van der Waals surface area (Å²) in [4.78, 5) is 45.2. The average Bonchev–Trinajstić information content (AvgIpc) is 3.41. The van der Waals surface area contributed by atoms with Crippen LogP contribution in [0.25, 0.3) is 11.0 Å². The molecule has 1 aromatic heterocycles. The molecule has 44 heavy (non-hydrogen) atoms. The first-order valence-electron chi connectivity index (χ1n) is 14.5. The molecule has 2 saturated heterocycles. The topological polar surface area (TPSA) is 127 Å². The molecule has 0 saturated carbocycles. The lowest BCUT2D eigenvalue weighted by Crippen LogP contribution is -2.76. The lowest BCUT2D eigenvalue weighted by molar-refractivity contribution is -0.189. The van der Waals surface area contributed by atoms with Crippen molar-refractivity contribution in [3.05, 3.63) is 102 Å². The Morgan fingerprint density at radius 2 is 1.82 bits per heavy atom. The van der Waals surface area contributed by atoms with E-state index in [4.69, 9.17) is 0 Å². The van der Waals surface area contributed by atoms with Crippen LogP contribution in [0, 0.1) is 0 Å². The van der Waals surface area contributed by atoms with Crippen LogP contribution in [0.5, 0.6) is 5.75 Å². The molecule has 2 N–H and O–H groups in total. The van der Waals surface area contributed by atoms with E-state index in [1.54, 1.807) is 61.9 Å². The second-order valence-electron chi connectivity index (χ2n) is 11.0. The molecule has 4 aromatic rings. The molecule has 3 heterocycles. The summed E-state index contributed by atoms with van der Waals surface area (Å²) in [5.41, 5.74) is 4.09. The standard InChI is InChI=1S/C32H34N8O4/c1-3-16-38-21-29(42)39-27(17-22-12-14-25(41)15-13-22)31(43)37(19-24-10-7-11-26-30(24)36(2)35-34-26)20-28(39)40(38)32(44)33-18-23-8-5-4-6-9-23/h3-15,27-28,41H,1,16-21H2,2H3,(H,33,44)/t27-,28-/m0/s1. The number of aromatic nitrogens is 3. The number of piperazine rings is 1. The lowest BCUT2D eigenvalue weighted by atomic mass is 9.98. The third-order valence-corrected chi connectivity index (χ3v) is 8.10. The molecule has 12 heteroatoms. The minimum Gasteiger partial charge on any atom is -0.508 e. The van der Waals surface area contributed by atoms with Gasteiger partial charge < -0.3 is 20.2 Å². The monoisotopic (exact) mass is 594 g/mol. The Kier molecular flexibility index (Phi) is 7.99. The number of carbonyl (C=O) groups is 3. The molecular formula is C32H34N8O4. The fourth-order valence-electron chi connectivity index (χ4n) is 6.08. The van der Waals surface area contributed by atoms with Crippen molar-refractivity contribution in [1.29, 1.82) is 0 Å². The summed E-state index contributed by atoms with van der Waals surface area (Å²) >= 11 is 0. The Morgan fingerprint density at radius 3 is 2.57 bits per heavy atom. The molecule has 0 bridgehead atoms. The number of aromatic hydroxyl groups is 1. The van der Waals surface area contributed by atoms with E-state index in [0.29, 0.717) is 12.1 Å². The van der Waals surface area contributed by atoms with Crippen molar-refractivity contribution in [2.24, 2.45) is 7.05 Å². The number of fused-ring (bicyclic) bond motifs is 2. The van der Waals surface area contributed by atoms with E-state index in [1.807, 2.05) is 48.5 Å². The van der Waals surface area contributed by atoms with Crippen molar-refractivity contribution >= 4 is 28.9 Å². The Bertz CT molecular complexity index is 1690. The number of phenolic OH excluding ortho intramolecular Hbond substituents is 1. The number of hydrogen-bond donors (Lipinski definition) is 2. The number of carbonyl (C=O) groups excluding carboxylic acids is 3. The number of nitrogens with zero attached hydrogens (tertiary/aromatic N) is 7. The van der Waals surface area contributed by atoms with Gasteiger partial charge in [0, 0.05) is 33.1 Å². The first-order valence-corrected chi connectivity index (χ1v) is 14.5. The van der Waals surface area contributed by atoms with Crippen molar-refractivity contribution in [2.75, 3.05) is 19.6 Å². The van der Waals surface area contributed by atoms with Crippen molar-refractivity contribution in [1.82, 2.24) is 40.1 Å². The molecule has 12 nitrogen and oxygen atoms in total. The number of amides is 4. The summed E-state index contributed by atoms with van der Waals surface area (Å²) in [6, 6.07) is 20.6. The summed E-state index contributed by atoms with van der Waals surface area (Å²) < 4.78 is 1.68. The van der Waals surface area contributed by atoms with Gasteiger partial charge in [-0.2, -0.15) is 0 Å². The van der Waals surface area contributed by atoms with Crippen LogP contribution in [0.2, 0.25) is 0 Å². The Balaban J connectivity index is 1.37. The minimum absolute atomic E-state index is 0.0827. The van der Waals surface area contributed by atoms with Crippen molar-refractivity contribution < 1.29 is 19.5 Å². The van der Waals surface area contributed by atoms with Crippen LogP contribution >= 0.6 is 0 Å². The molecule has 0 spiro atoms. The van der Waals surface area contributed by atoms with Crippen LogP contribution in [0.3, 0.4) is 0 Å². The second kappa shape index (κ2) is 12.2. The summed E-state index contributed by atoms with van der Waals surface area (Å²) in [7, 11) is 1.80. The van der Waals surface area contributed by atoms with Crippen molar-refractivity contribution in [3.8, 4) is 5.75 Å². The highest BCUT2D eigenvalue weighted by Gasteiger charge is 2.51. The molecule has 0 radical (unpaired) electrons. The van der Waals surface area contributed by atoms with E-state index in [1.165, 1.54) is 0 Å². The molecule has 0 unspecified atom stereocenters. The van der Waals surface area contributed by atoms with E-state index < -0.39 is 12.2 Å². The summed E-state index contributed by atoms with van der Waals surface area (Å²) in [6.45, 7) is 4.67. The number of benzene rings is 3. The van der Waals surface area contributed by atoms with Gasteiger partial charge in [-0.1, -0.05) is 65.9 Å². The molecular weight excluding hydrogens is 560 g/mol. The maximum Gasteiger partial charge on any atom is 0.334 e. The van der Waals surface area contributed by atoms with E-state index in [2.05, 4.69) is 22.2 Å². The minimum atomic E-state index is -0.870. The highest BCUT2D eigenvalue weighted by atomic mass is 16.3. The largest absolute Gasteiger partial charge is 0.508 e. The maximum atomic E-state index is 14.3. The van der Waals surface area contributed by atoms with E-state index in [-0.39, 0.29) is 56.2 Å². The fraction of sp³-hybridized carbons (Fsp3) is 0.281. The lowest BCUT2D eigenvalue weighted by Gasteiger charge is -2.55. The molecule has 6 rings (SSSR count). The summed E-state index contributed by atoms with van der Waals surface area (Å²) in [5.74, 6) is -0.369. The average molecular weight is 595 g/mol. The quantitative estimate of drug-likeness (QED) is 0.300. The number of phenols is 1. The van der Waals surface area contributed by atoms with E-state index in [9.17, 15) is 19.5 Å². The molecule has 2 aliphatic rings. The third kappa shape index (κ3) is 5.59. The number of hydrogen-bond acceptors (Lipinski definition) is 7. The number of aryl methyl sites for hydroxylation is 1. The van der Waals surface area contributed by atoms with Gasteiger partial charge >= 0.3 is 6.03 Å². The van der Waals surface area contributed by atoms with E-state index in [0.717, 1.165) is 22.2 Å². The van der Waals surface area contributed by atoms with Gasteiger partial charge in [-0.3, -0.25) is 9.59 Å². The van der Waals surface area contributed by atoms with Crippen LogP contribution in [0.4, 0.5) is 4.79 Å². The third-order valence-electron chi connectivity index (χ3n) is 8.10. The molecule has 226 valence electrons. The predicted molar refractivity (Wildman–Crippen MR) is 162 cm³/mol. The van der Waals surface area contributed by atoms with Gasteiger partial charge in [0.2, 0.25) is 11.8 Å². The van der Waals surface area contributed by atoms with E-state index >= 15 is 0 Å². The Labute approximate surface area is 254 Å². The molecule has 2 aliphatic heterocycles. The summed E-state index contributed by atoms with van der Waals surface area (Å²) in [6.07, 6.45) is 1.10. The number of hydrazine groups is 1. The number of nitrogens with one attached hydrogen (secondary N) is 1. The van der Waals surface area contributed by atoms with Crippen LogP contribution in [0.15, 0.2) is 85.5 Å². The van der Waals surface area contributed by atoms with Crippen LogP contribution in [-0.2, 0) is 36.1 Å². The van der Waals surface area contributed by atoms with Gasteiger partial charge in [0.25, 0.3) is 0 Å². The van der Waals surface area contributed by atoms with Crippen molar-refractivity contribution in [2.45, 2.75) is 31.7 Å². The number of rotatable bonds is 8. The van der Waals surface area contributed by atoms with Crippen LogP contribution in [0.1, 0.15) is 16.7 Å². The molecule has 0 aliphatic carbocycles. The smallest absolute Gasteiger partial charge is 0.334 e. The van der Waals surface area contributed by atoms with Crippen molar-refractivity contribution in [3.63, 3.8) is 0 Å². The van der Waals surface area contributed by atoms with Gasteiger partial charge in [0.05, 0.1) is 18.6 Å². The van der Waals surface area contributed by atoms with Gasteiger partial charge in [-0.05, 0) is 34.9 Å². The van der Waals surface area contributed by atoms with Gasteiger partial charge in [0.15, 0.2) is 0 Å². The number of urea groups is 1. The van der Waals surface area contributed by atoms with Crippen LogP contribution < -0.4 is 5.32 Å². The highest BCUT2D eigenvalue weighted by Crippen LogP contribution is 2.30.